The number of para-hydroxylation sites is 1. The first-order chi connectivity index (χ1) is 11.7. The van der Waals surface area contributed by atoms with Gasteiger partial charge < -0.3 is 15.5 Å². The summed E-state index contributed by atoms with van der Waals surface area (Å²) in [7, 11) is 0. The van der Waals surface area contributed by atoms with E-state index in [1.165, 1.54) is 16.5 Å². The molecule has 1 aromatic heterocycles. The molecule has 0 bridgehead atoms. The minimum absolute atomic E-state index is 0.0384. The molecule has 5 nitrogen and oxygen atoms in total. The fourth-order valence-corrected chi connectivity index (χ4v) is 4.34. The standard InChI is InChI=1S/C19H25N3O2/c20-19(23)16-7-11-24-18(16)14-5-9-22(10-6-14)12-15-3-1-2-13-4-8-21-17(13)15/h1-4,8,14,16,18,21H,5-7,9-12H2,(H2,20,23)/t16-,18+/m0/s1. The van der Waals surface area contributed by atoms with Crippen LogP contribution < -0.4 is 5.73 Å². The number of hydrogen-bond acceptors (Lipinski definition) is 3. The van der Waals surface area contributed by atoms with Crippen molar-refractivity contribution in [1.82, 2.24) is 9.88 Å². The molecule has 2 atom stereocenters. The number of rotatable bonds is 4. The summed E-state index contributed by atoms with van der Waals surface area (Å²) in [4.78, 5) is 17.4. The fraction of sp³-hybridized carbons (Fsp3) is 0.526. The van der Waals surface area contributed by atoms with Gasteiger partial charge >= 0.3 is 0 Å². The van der Waals surface area contributed by atoms with Gasteiger partial charge in [-0.3, -0.25) is 9.69 Å². The minimum atomic E-state index is -0.196. The highest BCUT2D eigenvalue weighted by atomic mass is 16.5. The lowest BCUT2D eigenvalue weighted by Crippen LogP contribution is -2.41. The lowest BCUT2D eigenvalue weighted by atomic mass is 9.84. The number of fused-ring (bicyclic) bond motifs is 1. The Morgan fingerprint density at radius 1 is 1.25 bits per heavy atom. The quantitative estimate of drug-likeness (QED) is 0.905. The molecule has 0 radical (unpaired) electrons. The van der Waals surface area contributed by atoms with E-state index in [9.17, 15) is 4.79 Å². The van der Waals surface area contributed by atoms with Gasteiger partial charge in [0, 0.05) is 24.9 Å². The first-order valence-corrected chi connectivity index (χ1v) is 8.90. The number of primary amides is 1. The van der Waals surface area contributed by atoms with E-state index in [2.05, 4.69) is 34.1 Å². The van der Waals surface area contributed by atoms with Crippen LogP contribution in [0.3, 0.4) is 0 Å². The van der Waals surface area contributed by atoms with Crippen LogP contribution in [-0.2, 0) is 16.1 Å². The molecule has 0 unspecified atom stereocenters. The largest absolute Gasteiger partial charge is 0.377 e. The third-order valence-corrected chi connectivity index (χ3v) is 5.67. The smallest absolute Gasteiger partial charge is 0.223 e. The molecule has 0 spiro atoms. The molecule has 2 aliphatic heterocycles. The molecule has 2 fully saturated rings. The van der Waals surface area contributed by atoms with E-state index >= 15 is 0 Å². The average Bonchev–Trinajstić information content (AvgIpc) is 3.25. The molecule has 3 N–H and O–H groups in total. The SMILES string of the molecule is NC(=O)[C@H]1CCO[C@@H]1C1CCN(Cc2cccc3cc[nH]c23)CC1. The number of amides is 1. The van der Waals surface area contributed by atoms with E-state index in [1.807, 2.05) is 6.20 Å². The molecule has 128 valence electrons. The predicted molar refractivity (Wildman–Crippen MR) is 93.3 cm³/mol. The van der Waals surface area contributed by atoms with Gasteiger partial charge in [0.1, 0.15) is 0 Å². The second-order valence-corrected chi connectivity index (χ2v) is 7.11. The minimum Gasteiger partial charge on any atom is -0.377 e. The maximum Gasteiger partial charge on any atom is 0.223 e. The van der Waals surface area contributed by atoms with Crippen LogP contribution in [0.2, 0.25) is 0 Å². The zero-order valence-corrected chi connectivity index (χ0v) is 13.9. The van der Waals surface area contributed by atoms with E-state index < -0.39 is 0 Å². The van der Waals surface area contributed by atoms with Crippen molar-refractivity contribution in [3.8, 4) is 0 Å². The first kappa shape index (κ1) is 15.7. The number of ether oxygens (including phenoxy) is 1. The summed E-state index contributed by atoms with van der Waals surface area (Å²) in [6.07, 6.45) is 4.98. The van der Waals surface area contributed by atoms with Crippen molar-refractivity contribution >= 4 is 16.8 Å². The van der Waals surface area contributed by atoms with Crippen LogP contribution in [-0.4, -0.2) is 41.6 Å². The third-order valence-electron chi connectivity index (χ3n) is 5.67. The van der Waals surface area contributed by atoms with E-state index in [4.69, 9.17) is 10.5 Å². The Labute approximate surface area is 142 Å². The summed E-state index contributed by atoms with van der Waals surface area (Å²) in [5, 5.41) is 1.27. The number of carbonyl (C=O) groups excluding carboxylic acids is 1. The Kier molecular flexibility index (Phi) is 4.29. The van der Waals surface area contributed by atoms with Gasteiger partial charge in [-0.25, -0.2) is 0 Å². The topological polar surface area (TPSA) is 71.4 Å². The lowest BCUT2D eigenvalue weighted by Gasteiger charge is -2.35. The van der Waals surface area contributed by atoms with Crippen LogP contribution >= 0.6 is 0 Å². The number of nitrogens with zero attached hydrogens (tertiary/aromatic N) is 1. The average molecular weight is 327 g/mol. The number of nitrogens with two attached hydrogens (primary N) is 1. The Balaban J connectivity index is 1.38. The maximum absolute atomic E-state index is 11.6. The molecular weight excluding hydrogens is 302 g/mol. The van der Waals surface area contributed by atoms with Crippen molar-refractivity contribution in [2.24, 2.45) is 17.6 Å². The molecule has 24 heavy (non-hydrogen) atoms. The zero-order valence-electron chi connectivity index (χ0n) is 13.9. The van der Waals surface area contributed by atoms with Crippen LogP contribution in [0.15, 0.2) is 30.5 Å². The van der Waals surface area contributed by atoms with E-state index in [-0.39, 0.29) is 17.9 Å². The number of likely N-dealkylation sites (tertiary alicyclic amines) is 1. The highest BCUT2D eigenvalue weighted by Crippen LogP contribution is 2.33. The van der Waals surface area contributed by atoms with Crippen molar-refractivity contribution < 1.29 is 9.53 Å². The van der Waals surface area contributed by atoms with Crippen LogP contribution in [0.25, 0.3) is 10.9 Å². The molecule has 1 aromatic carbocycles. The van der Waals surface area contributed by atoms with Crippen LogP contribution in [0.4, 0.5) is 0 Å². The van der Waals surface area contributed by atoms with Crippen molar-refractivity contribution in [3.05, 3.63) is 36.0 Å². The van der Waals surface area contributed by atoms with Crippen molar-refractivity contribution in [1.29, 1.82) is 0 Å². The number of hydrogen-bond donors (Lipinski definition) is 2. The summed E-state index contributed by atoms with van der Waals surface area (Å²) in [5.74, 6) is 0.176. The van der Waals surface area contributed by atoms with Crippen LogP contribution in [0, 0.1) is 11.8 Å². The molecule has 3 heterocycles. The van der Waals surface area contributed by atoms with Crippen LogP contribution in [0.1, 0.15) is 24.8 Å². The predicted octanol–water partition coefficient (Wildman–Crippen LogP) is 2.27. The van der Waals surface area contributed by atoms with Gasteiger partial charge in [0.2, 0.25) is 5.91 Å². The van der Waals surface area contributed by atoms with E-state index in [1.54, 1.807) is 0 Å². The Morgan fingerprint density at radius 2 is 2.08 bits per heavy atom. The van der Waals surface area contributed by atoms with Crippen molar-refractivity contribution in [3.63, 3.8) is 0 Å². The van der Waals surface area contributed by atoms with Gasteiger partial charge in [-0.15, -0.1) is 0 Å². The molecule has 2 aliphatic rings. The van der Waals surface area contributed by atoms with E-state index in [0.29, 0.717) is 12.5 Å². The highest BCUT2D eigenvalue weighted by molar-refractivity contribution is 5.82. The van der Waals surface area contributed by atoms with Gasteiger partial charge in [0.15, 0.2) is 0 Å². The summed E-state index contributed by atoms with van der Waals surface area (Å²) < 4.78 is 5.84. The van der Waals surface area contributed by atoms with Crippen LogP contribution in [0.5, 0.6) is 0 Å². The molecule has 5 heteroatoms. The number of benzene rings is 1. The van der Waals surface area contributed by atoms with E-state index in [0.717, 1.165) is 38.9 Å². The number of aromatic amines is 1. The Bertz CT molecular complexity index is 718. The molecule has 2 aromatic rings. The summed E-state index contributed by atoms with van der Waals surface area (Å²) in [6, 6.07) is 8.59. The normalized spacial score (nSPS) is 26.2. The molecular formula is C19H25N3O2. The molecule has 0 aliphatic carbocycles. The third kappa shape index (κ3) is 2.94. The van der Waals surface area contributed by atoms with Crippen molar-refractivity contribution in [2.45, 2.75) is 31.9 Å². The van der Waals surface area contributed by atoms with Gasteiger partial charge in [-0.2, -0.15) is 0 Å². The van der Waals surface area contributed by atoms with Gasteiger partial charge in [0.25, 0.3) is 0 Å². The molecule has 1 amide bonds. The number of carbonyl (C=O) groups is 1. The maximum atomic E-state index is 11.6. The van der Waals surface area contributed by atoms with Gasteiger partial charge in [-0.05, 0) is 55.3 Å². The Hall–Kier alpha value is -1.85. The number of H-pyrrole nitrogens is 1. The van der Waals surface area contributed by atoms with Gasteiger partial charge in [-0.1, -0.05) is 18.2 Å². The number of nitrogens with one attached hydrogen (secondary N) is 1. The summed E-state index contributed by atoms with van der Waals surface area (Å²) in [5.41, 5.74) is 8.13. The summed E-state index contributed by atoms with van der Waals surface area (Å²) >= 11 is 0. The molecule has 2 saturated heterocycles. The highest BCUT2D eigenvalue weighted by Gasteiger charge is 2.39. The van der Waals surface area contributed by atoms with Gasteiger partial charge in [0.05, 0.1) is 12.0 Å². The number of piperidine rings is 1. The summed E-state index contributed by atoms with van der Waals surface area (Å²) in [6.45, 7) is 3.74. The Morgan fingerprint density at radius 3 is 2.88 bits per heavy atom. The zero-order chi connectivity index (χ0) is 16.5. The molecule has 4 rings (SSSR count). The second-order valence-electron chi connectivity index (χ2n) is 7.11. The fourth-order valence-electron chi connectivity index (χ4n) is 4.34. The molecule has 0 saturated carbocycles. The first-order valence-electron chi connectivity index (χ1n) is 8.90. The monoisotopic (exact) mass is 327 g/mol. The number of aromatic nitrogens is 1. The second kappa shape index (κ2) is 6.57. The van der Waals surface area contributed by atoms with Crippen molar-refractivity contribution in [2.75, 3.05) is 19.7 Å². The lowest BCUT2D eigenvalue weighted by molar-refractivity contribution is -0.124.